The molecule has 0 spiro atoms. The van der Waals surface area contributed by atoms with Crippen LogP contribution in [0.3, 0.4) is 0 Å². The van der Waals surface area contributed by atoms with Crippen molar-refractivity contribution in [3.8, 4) is 17.3 Å². The van der Waals surface area contributed by atoms with Crippen LogP contribution in [-0.2, 0) is 0 Å². The largest absolute Gasteiger partial charge is 0.367 e. The monoisotopic (exact) mass is 386 g/mol. The molecule has 0 bridgehead atoms. The van der Waals surface area contributed by atoms with Crippen LogP contribution in [0.2, 0.25) is 5.02 Å². The maximum Gasteiger partial charge on any atom is 0.193 e. The van der Waals surface area contributed by atoms with Crippen molar-refractivity contribution in [2.24, 2.45) is 0 Å². The van der Waals surface area contributed by atoms with Gasteiger partial charge in [0.05, 0.1) is 21.6 Å². The number of benzene rings is 1. The van der Waals surface area contributed by atoms with Gasteiger partial charge in [0, 0.05) is 37.0 Å². The van der Waals surface area contributed by atoms with Gasteiger partial charge in [-0.1, -0.05) is 11.6 Å². The number of aromatic amines is 1. The summed E-state index contributed by atoms with van der Waals surface area (Å²) in [5.41, 5.74) is -0.00950. The molecule has 0 radical (unpaired) electrons. The summed E-state index contributed by atoms with van der Waals surface area (Å²) in [7, 11) is 0. The molecule has 5 nitrogen and oxygen atoms in total. The standard InChI is InChI=1S/C19H13ClF2N4O/c20-12-9-24-10(8-23)5-11(12)14-7-16(27)17-15(25-14)6-13(21)19(18(17)22)26-3-1-2-4-26/h5-7,9H,1-4H2,(H,25,27). The van der Waals surface area contributed by atoms with E-state index in [1.54, 1.807) is 4.90 Å². The van der Waals surface area contributed by atoms with Crippen molar-refractivity contribution in [1.29, 1.82) is 5.26 Å². The second-order valence-corrected chi connectivity index (χ2v) is 6.75. The summed E-state index contributed by atoms with van der Waals surface area (Å²) in [5, 5.41) is 9.01. The first-order chi connectivity index (χ1) is 13.0. The summed E-state index contributed by atoms with van der Waals surface area (Å²) in [4.78, 5) is 20.9. The minimum atomic E-state index is -0.863. The molecule has 0 atom stereocenters. The molecule has 3 heterocycles. The number of aromatic nitrogens is 2. The highest BCUT2D eigenvalue weighted by molar-refractivity contribution is 6.33. The summed E-state index contributed by atoms with van der Waals surface area (Å²) in [6.07, 6.45) is 3.00. The number of pyridine rings is 2. The van der Waals surface area contributed by atoms with E-state index in [1.807, 2.05) is 6.07 Å². The third kappa shape index (κ3) is 2.92. The SMILES string of the molecule is N#Cc1cc(-c2cc(=O)c3c(F)c(N4CCCC4)c(F)cc3[nH]2)c(Cl)cn1. The highest BCUT2D eigenvalue weighted by Crippen LogP contribution is 2.32. The van der Waals surface area contributed by atoms with E-state index in [2.05, 4.69) is 9.97 Å². The molecule has 1 N–H and O–H groups in total. The zero-order valence-electron chi connectivity index (χ0n) is 14.0. The summed E-state index contributed by atoms with van der Waals surface area (Å²) in [6.45, 7) is 1.11. The number of nitriles is 1. The Bertz CT molecular complexity index is 1160. The minimum absolute atomic E-state index is 0.0295. The topological polar surface area (TPSA) is 72.8 Å². The Balaban J connectivity index is 1.95. The first-order valence-electron chi connectivity index (χ1n) is 8.35. The van der Waals surface area contributed by atoms with Gasteiger partial charge in [-0.2, -0.15) is 5.26 Å². The van der Waals surface area contributed by atoms with Crippen LogP contribution >= 0.6 is 11.6 Å². The van der Waals surface area contributed by atoms with E-state index < -0.39 is 17.1 Å². The summed E-state index contributed by atoms with van der Waals surface area (Å²) >= 11 is 6.12. The zero-order valence-corrected chi connectivity index (χ0v) is 14.8. The Hall–Kier alpha value is -2.98. The van der Waals surface area contributed by atoms with Crippen molar-refractivity contribution in [3.63, 3.8) is 0 Å². The zero-order chi connectivity index (χ0) is 19.1. The molecule has 0 aliphatic carbocycles. The molecule has 0 saturated carbocycles. The van der Waals surface area contributed by atoms with Crippen LogP contribution in [0.1, 0.15) is 18.5 Å². The first-order valence-corrected chi connectivity index (χ1v) is 8.73. The van der Waals surface area contributed by atoms with E-state index in [0.717, 1.165) is 18.9 Å². The van der Waals surface area contributed by atoms with Crippen molar-refractivity contribution >= 4 is 28.2 Å². The Morgan fingerprint density at radius 1 is 1.22 bits per heavy atom. The summed E-state index contributed by atoms with van der Waals surface area (Å²) in [6, 6.07) is 5.61. The normalized spacial score (nSPS) is 13.9. The third-order valence-electron chi connectivity index (χ3n) is 4.67. The highest BCUT2D eigenvalue weighted by Gasteiger charge is 2.24. The molecule has 1 aliphatic rings. The van der Waals surface area contributed by atoms with Crippen LogP contribution in [0.5, 0.6) is 0 Å². The highest BCUT2D eigenvalue weighted by atomic mass is 35.5. The number of halogens is 3. The molecule has 0 unspecified atom stereocenters. The summed E-state index contributed by atoms with van der Waals surface area (Å²) in [5.74, 6) is -1.59. The number of H-pyrrole nitrogens is 1. The lowest BCUT2D eigenvalue weighted by Crippen LogP contribution is -2.21. The van der Waals surface area contributed by atoms with Gasteiger partial charge in [-0.3, -0.25) is 4.79 Å². The molecular weight excluding hydrogens is 374 g/mol. The number of rotatable bonds is 2. The average Bonchev–Trinajstić information content (AvgIpc) is 3.15. The lowest BCUT2D eigenvalue weighted by Gasteiger charge is -2.20. The van der Waals surface area contributed by atoms with Crippen LogP contribution in [0.4, 0.5) is 14.5 Å². The fraction of sp³-hybridized carbons (Fsp3) is 0.211. The van der Waals surface area contributed by atoms with Crippen LogP contribution in [-0.4, -0.2) is 23.1 Å². The predicted molar refractivity (Wildman–Crippen MR) is 98.9 cm³/mol. The molecule has 1 saturated heterocycles. The van der Waals surface area contributed by atoms with Crippen molar-refractivity contribution < 1.29 is 8.78 Å². The van der Waals surface area contributed by atoms with Gasteiger partial charge >= 0.3 is 0 Å². The number of nitrogens with one attached hydrogen (secondary N) is 1. The van der Waals surface area contributed by atoms with Gasteiger partial charge in [-0.15, -0.1) is 0 Å². The molecule has 0 amide bonds. The molecule has 3 aromatic rings. The second kappa shape index (κ2) is 6.63. The Kier molecular flexibility index (Phi) is 4.28. The van der Waals surface area contributed by atoms with Crippen LogP contribution < -0.4 is 10.3 Å². The quantitative estimate of drug-likeness (QED) is 0.722. The van der Waals surface area contributed by atoms with Crippen molar-refractivity contribution in [1.82, 2.24) is 9.97 Å². The Morgan fingerprint density at radius 2 is 1.96 bits per heavy atom. The van der Waals surface area contributed by atoms with Gasteiger partial charge in [-0.25, -0.2) is 13.8 Å². The minimum Gasteiger partial charge on any atom is -0.367 e. The molecule has 27 heavy (non-hydrogen) atoms. The van der Waals surface area contributed by atoms with Crippen molar-refractivity contribution in [3.05, 3.63) is 57.0 Å². The third-order valence-corrected chi connectivity index (χ3v) is 4.97. The van der Waals surface area contributed by atoms with Gasteiger partial charge in [0.25, 0.3) is 0 Å². The molecule has 136 valence electrons. The average molecular weight is 387 g/mol. The van der Waals surface area contributed by atoms with Crippen LogP contribution in [0.25, 0.3) is 22.2 Å². The molecule has 4 rings (SSSR count). The van der Waals surface area contributed by atoms with E-state index in [1.165, 1.54) is 18.3 Å². The van der Waals surface area contributed by atoms with Gasteiger partial charge in [0.1, 0.15) is 17.5 Å². The fourth-order valence-electron chi connectivity index (χ4n) is 3.41. The fourth-order valence-corrected chi connectivity index (χ4v) is 3.62. The Labute approximate surface area is 157 Å². The predicted octanol–water partition coefficient (Wildman–Crippen LogP) is 3.99. The first kappa shape index (κ1) is 17.4. The molecule has 1 aliphatic heterocycles. The van der Waals surface area contributed by atoms with Gasteiger partial charge in [0.2, 0.25) is 0 Å². The van der Waals surface area contributed by atoms with Crippen molar-refractivity contribution in [2.45, 2.75) is 12.8 Å². The van der Waals surface area contributed by atoms with E-state index >= 15 is 0 Å². The number of hydrogen-bond acceptors (Lipinski definition) is 4. The molecule has 1 fully saturated rings. The molecule has 8 heteroatoms. The van der Waals surface area contributed by atoms with E-state index in [4.69, 9.17) is 16.9 Å². The van der Waals surface area contributed by atoms with Crippen LogP contribution in [0.15, 0.2) is 29.2 Å². The van der Waals surface area contributed by atoms with E-state index in [0.29, 0.717) is 18.7 Å². The van der Waals surface area contributed by atoms with E-state index in [9.17, 15) is 13.6 Å². The number of hydrogen-bond donors (Lipinski definition) is 1. The smallest absolute Gasteiger partial charge is 0.193 e. The lowest BCUT2D eigenvalue weighted by atomic mass is 10.1. The Morgan fingerprint density at radius 3 is 2.67 bits per heavy atom. The number of fused-ring (bicyclic) bond motifs is 1. The lowest BCUT2D eigenvalue weighted by molar-refractivity contribution is 0.585. The van der Waals surface area contributed by atoms with Gasteiger partial charge in [-0.05, 0) is 18.9 Å². The second-order valence-electron chi connectivity index (χ2n) is 6.35. The maximum atomic E-state index is 15.0. The molecule has 1 aromatic carbocycles. The molecular formula is C19H13ClF2N4O. The van der Waals surface area contributed by atoms with Crippen LogP contribution in [0, 0.1) is 23.0 Å². The number of nitrogens with zero attached hydrogens (tertiary/aromatic N) is 3. The molecule has 2 aromatic heterocycles. The van der Waals surface area contributed by atoms with Gasteiger partial charge in [0.15, 0.2) is 17.1 Å². The van der Waals surface area contributed by atoms with Gasteiger partial charge < -0.3 is 9.88 Å². The number of anilines is 1. The summed E-state index contributed by atoms with van der Waals surface area (Å²) < 4.78 is 29.6. The van der Waals surface area contributed by atoms with Crippen molar-refractivity contribution in [2.75, 3.05) is 18.0 Å². The maximum absolute atomic E-state index is 15.0. The van der Waals surface area contributed by atoms with E-state index in [-0.39, 0.29) is 33.0 Å².